The van der Waals surface area contributed by atoms with E-state index in [1.807, 2.05) is 0 Å². The number of aromatic nitrogens is 2. The Bertz CT molecular complexity index is 2930. The van der Waals surface area contributed by atoms with Crippen LogP contribution in [0.25, 0.3) is 77.2 Å². The van der Waals surface area contributed by atoms with Crippen molar-refractivity contribution in [1.82, 2.24) is 9.13 Å². The van der Waals surface area contributed by atoms with E-state index in [0.29, 0.717) is 0 Å². The number of hydrogen-bond donors (Lipinski definition) is 0. The Morgan fingerprint density at radius 1 is 0.275 bits per heavy atom. The van der Waals surface area contributed by atoms with E-state index in [0.717, 1.165) is 28.4 Å². The van der Waals surface area contributed by atoms with Gasteiger partial charge in [-0.1, -0.05) is 127 Å². The van der Waals surface area contributed by atoms with E-state index in [4.69, 9.17) is 0 Å². The Morgan fingerprint density at radius 2 is 0.804 bits per heavy atom. The summed E-state index contributed by atoms with van der Waals surface area (Å²) in [5.41, 5.74) is 15.3. The van der Waals surface area contributed by atoms with E-state index in [1.54, 1.807) is 0 Å². The van der Waals surface area contributed by atoms with Gasteiger partial charge < -0.3 is 14.0 Å². The molecule has 8 aromatic carbocycles. The van der Waals surface area contributed by atoms with E-state index >= 15 is 0 Å². The fourth-order valence-corrected chi connectivity index (χ4v) is 8.54. The summed E-state index contributed by atoms with van der Waals surface area (Å²) >= 11 is 0. The van der Waals surface area contributed by atoms with Crippen molar-refractivity contribution in [1.29, 1.82) is 0 Å². The smallest absolute Gasteiger partial charge is 0.0703 e. The lowest BCUT2D eigenvalue weighted by molar-refractivity contribution is 1.14. The highest BCUT2D eigenvalue weighted by Gasteiger charge is 2.27. The largest absolute Gasteiger partial charge is 0.309 e. The summed E-state index contributed by atoms with van der Waals surface area (Å²) in [6.07, 6.45) is 0. The van der Waals surface area contributed by atoms with Crippen molar-refractivity contribution in [2.24, 2.45) is 0 Å². The first-order valence-electron chi connectivity index (χ1n) is 17.5. The standard InChI is InChI=1S/C48H31N3/c1-2-15-32(16-3-1)49-42-24-9-6-19-36(42)34-17-4-5-18-35(34)39-22-14-23-40-41-31-33(29-30-45(41)51(48(39)40)47-28-13-12-27-46(47)49)50-43-25-10-7-20-37(43)38-21-8-11-26-44(38)50/h1-31H. The van der Waals surface area contributed by atoms with E-state index in [9.17, 15) is 0 Å². The Hall–Kier alpha value is -6.84. The maximum Gasteiger partial charge on any atom is 0.0703 e. The predicted molar refractivity (Wildman–Crippen MR) is 214 cm³/mol. The summed E-state index contributed by atoms with van der Waals surface area (Å²) in [6.45, 7) is 0. The Balaban J connectivity index is 1.30. The molecular formula is C48H31N3. The first kappa shape index (κ1) is 28.0. The van der Waals surface area contributed by atoms with Crippen LogP contribution in [0.5, 0.6) is 0 Å². The van der Waals surface area contributed by atoms with Gasteiger partial charge in [-0.15, -0.1) is 0 Å². The number of nitrogens with zero attached hydrogens (tertiary/aromatic N) is 3. The third kappa shape index (κ3) is 4.00. The van der Waals surface area contributed by atoms with Crippen molar-refractivity contribution in [3.05, 3.63) is 188 Å². The first-order chi connectivity index (χ1) is 25.3. The van der Waals surface area contributed by atoms with Crippen molar-refractivity contribution in [3.63, 3.8) is 0 Å². The Morgan fingerprint density at radius 3 is 1.55 bits per heavy atom. The number of fused-ring (bicyclic) bond motifs is 12. The molecule has 0 saturated heterocycles. The van der Waals surface area contributed by atoms with Gasteiger partial charge >= 0.3 is 0 Å². The summed E-state index contributed by atoms with van der Waals surface area (Å²) in [5.74, 6) is 0. The number of para-hydroxylation sites is 7. The molecule has 0 amide bonds. The lowest BCUT2D eigenvalue weighted by Crippen LogP contribution is -2.14. The molecule has 3 heteroatoms. The second-order valence-corrected chi connectivity index (χ2v) is 13.3. The third-order valence-corrected chi connectivity index (χ3v) is 10.6. The number of benzene rings is 8. The molecule has 0 unspecified atom stereocenters. The molecule has 0 spiro atoms. The van der Waals surface area contributed by atoms with Crippen molar-refractivity contribution in [3.8, 4) is 33.6 Å². The highest BCUT2D eigenvalue weighted by Crippen LogP contribution is 2.49. The van der Waals surface area contributed by atoms with Crippen molar-refractivity contribution in [2.75, 3.05) is 4.90 Å². The number of anilines is 3. The summed E-state index contributed by atoms with van der Waals surface area (Å²) in [6, 6.07) is 68.7. The summed E-state index contributed by atoms with van der Waals surface area (Å²) in [4.78, 5) is 2.43. The van der Waals surface area contributed by atoms with Gasteiger partial charge in [0.1, 0.15) is 0 Å². The molecule has 10 aromatic rings. The van der Waals surface area contributed by atoms with Crippen LogP contribution < -0.4 is 4.90 Å². The summed E-state index contributed by atoms with van der Waals surface area (Å²) < 4.78 is 4.92. The SMILES string of the molecule is c1ccc(N2c3ccccc3-c3ccccc3-c3cccc4c5cc(-n6c7ccccc7c7ccccc76)ccc5n(c34)-c3ccccc32)cc1. The van der Waals surface area contributed by atoms with Gasteiger partial charge in [0.05, 0.1) is 39.1 Å². The topological polar surface area (TPSA) is 13.1 Å². The van der Waals surface area contributed by atoms with Crippen molar-refractivity contribution in [2.45, 2.75) is 0 Å². The highest BCUT2D eigenvalue weighted by molar-refractivity contribution is 6.17. The fourth-order valence-electron chi connectivity index (χ4n) is 8.54. The molecule has 0 fully saturated rings. The van der Waals surface area contributed by atoms with Crippen LogP contribution >= 0.6 is 0 Å². The normalized spacial score (nSPS) is 12.3. The monoisotopic (exact) mass is 649 g/mol. The molecule has 51 heavy (non-hydrogen) atoms. The number of hydrogen-bond acceptors (Lipinski definition) is 1. The molecule has 2 aromatic heterocycles. The average molecular weight is 650 g/mol. The summed E-state index contributed by atoms with van der Waals surface area (Å²) in [5, 5.41) is 4.99. The fraction of sp³-hybridized carbons (Fsp3) is 0. The molecule has 0 N–H and O–H groups in total. The van der Waals surface area contributed by atoms with E-state index < -0.39 is 0 Å². The first-order valence-corrected chi connectivity index (χ1v) is 17.5. The van der Waals surface area contributed by atoms with Gasteiger partial charge in [-0.25, -0.2) is 0 Å². The van der Waals surface area contributed by atoms with Crippen LogP contribution in [0.1, 0.15) is 0 Å². The minimum atomic E-state index is 1.12. The molecule has 1 aliphatic rings. The second kappa shape index (κ2) is 10.8. The minimum absolute atomic E-state index is 1.12. The van der Waals surface area contributed by atoms with Crippen LogP contribution in [-0.4, -0.2) is 9.13 Å². The minimum Gasteiger partial charge on any atom is -0.309 e. The molecule has 0 radical (unpaired) electrons. The zero-order valence-corrected chi connectivity index (χ0v) is 27.7. The maximum absolute atomic E-state index is 2.51. The van der Waals surface area contributed by atoms with Gasteiger partial charge in [0, 0.05) is 44.0 Å². The molecule has 0 bridgehead atoms. The zero-order valence-electron chi connectivity index (χ0n) is 27.7. The van der Waals surface area contributed by atoms with Crippen LogP contribution in [0.3, 0.4) is 0 Å². The van der Waals surface area contributed by atoms with Crippen LogP contribution in [0, 0.1) is 0 Å². The Labute approximate surface area is 295 Å². The van der Waals surface area contributed by atoms with Crippen molar-refractivity contribution >= 4 is 60.7 Å². The molecular weight excluding hydrogens is 619 g/mol. The molecule has 1 aliphatic heterocycles. The van der Waals surface area contributed by atoms with Crippen molar-refractivity contribution < 1.29 is 0 Å². The molecule has 3 nitrogen and oxygen atoms in total. The predicted octanol–water partition coefficient (Wildman–Crippen LogP) is 13.0. The van der Waals surface area contributed by atoms with Crippen LogP contribution in [0.15, 0.2) is 188 Å². The lowest BCUT2D eigenvalue weighted by Gasteiger charge is -2.31. The quantitative estimate of drug-likeness (QED) is 0.182. The van der Waals surface area contributed by atoms with E-state index in [2.05, 4.69) is 202 Å². The molecule has 3 heterocycles. The van der Waals surface area contributed by atoms with Crippen LogP contribution in [0.2, 0.25) is 0 Å². The average Bonchev–Trinajstić information content (AvgIpc) is 3.71. The molecule has 0 atom stereocenters. The highest BCUT2D eigenvalue weighted by atomic mass is 15.2. The molecule has 0 aliphatic carbocycles. The van der Waals surface area contributed by atoms with Gasteiger partial charge in [0.2, 0.25) is 0 Å². The number of rotatable bonds is 2. The molecule has 0 saturated carbocycles. The zero-order chi connectivity index (χ0) is 33.5. The van der Waals surface area contributed by atoms with Gasteiger partial charge in [-0.3, -0.25) is 0 Å². The maximum atomic E-state index is 2.51. The van der Waals surface area contributed by atoms with Crippen LogP contribution in [-0.2, 0) is 0 Å². The third-order valence-electron chi connectivity index (χ3n) is 10.6. The molecule has 11 rings (SSSR count). The van der Waals surface area contributed by atoms with E-state index in [1.165, 1.54) is 65.9 Å². The Kier molecular flexibility index (Phi) is 5.96. The van der Waals surface area contributed by atoms with Gasteiger partial charge in [-0.05, 0) is 71.8 Å². The van der Waals surface area contributed by atoms with Gasteiger partial charge in [0.15, 0.2) is 0 Å². The lowest BCUT2D eigenvalue weighted by atomic mass is 9.91. The van der Waals surface area contributed by atoms with Crippen LogP contribution in [0.4, 0.5) is 17.1 Å². The second-order valence-electron chi connectivity index (χ2n) is 13.3. The van der Waals surface area contributed by atoms with Gasteiger partial charge in [0.25, 0.3) is 0 Å². The summed E-state index contributed by atoms with van der Waals surface area (Å²) in [7, 11) is 0. The molecule has 238 valence electrons. The van der Waals surface area contributed by atoms with Gasteiger partial charge in [-0.2, -0.15) is 0 Å². The van der Waals surface area contributed by atoms with E-state index in [-0.39, 0.29) is 0 Å².